The van der Waals surface area contributed by atoms with Gasteiger partial charge >= 0.3 is 12.0 Å². The van der Waals surface area contributed by atoms with Crippen molar-refractivity contribution in [2.75, 3.05) is 12.4 Å². The van der Waals surface area contributed by atoms with Crippen LogP contribution in [0.25, 0.3) is 0 Å². The number of hydrogen-bond donors (Lipinski definition) is 2. The van der Waals surface area contributed by atoms with Crippen molar-refractivity contribution in [2.45, 2.75) is 51.4 Å². The lowest BCUT2D eigenvalue weighted by atomic mass is 10.0. The van der Waals surface area contributed by atoms with E-state index in [1.54, 1.807) is 13.3 Å². The molecule has 1 aromatic rings. The molecule has 1 aromatic heterocycles. The van der Waals surface area contributed by atoms with Crippen molar-refractivity contribution in [3.8, 4) is 0 Å². The van der Waals surface area contributed by atoms with Crippen molar-refractivity contribution in [1.82, 2.24) is 25.4 Å². The van der Waals surface area contributed by atoms with E-state index in [0.29, 0.717) is 23.4 Å². The zero-order valence-electron chi connectivity index (χ0n) is 14.3. The first kappa shape index (κ1) is 18.3. The van der Waals surface area contributed by atoms with Crippen LogP contribution in [-0.4, -0.2) is 45.2 Å². The number of carbonyl (C=O) groups is 2. The van der Waals surface area contributed by atoms with Crippen LogP contribution in [-0.2, 0) is 9.53 Å². The quantitative estimate of drug-likeness (QED) is 0.573. The van der Waals surface area contributed by atoms with Gasteiger partial charge in [-0.15, -0.1) is 10.2 Å². The van der Waals surface area contributed by atoms with Crippen molar-refractivity contribution < 1.29 is 14.3 Å². The van der Waals surface area contributed by atoms with Gasteiger partial charge in [-0.05, 0) is 27.2 Å². The van der Waals surface area contributed by atoms with Crippen molar-refractivity contribution in [3.05, 3.63) is 17.6 Å². The van der Waals surface area contributed by atoms with Crippen molar-refractivity contribution in [1.29, 1.82) is 0 Å². The van der Waals surface area contributed by atoms with E-state index < -0.39 is 5.97 Å². The van der Waals surface area contributed by atoms with Gasteiger partial charge in [0.2, 0.25) is 0 Å². The highest BCUT2D eigenvalue weighted by atomic mass is 32.2. The van der Waals surface area contributed by atoms with E-state index in [1.165, 1.54) is 11.8 Å². The number of ether oxygens (including phenoxy) is 1. The van der Waals surface area contributed by atoms with Crippen molar-refractivity contribution >= 4 is 23.8 Å². The molecule has 0 spiro atoms. The Kier molecular flexibility index (Phi) is 6.24. The van der Waals surface area contributed by atoms with Crippen LogP contribution < -0.4 is 10.6 Å². The summed E-state index contributed by atoms with van der Waals surface area (Å²) in [6, 6.07) is -0.431. The van der Waals surface area contributed by atoms with Gasteiger partial charge in [0.1, 0.15) is 6.33 Å². The average molecular weight is 353 g/mol. The minimum Gasteiger partial charge on any atom is -0.463 e. The van der Waals surface area contributed by atoms with Crippen LogP contribution in [0.2, 0.25) is 0 Å². The number of thioether (sulfide) groups is 1. The largest absolute Gasteiger partial charge is 0.463 e. The minimum absolute atomic E-state index is 0.229. The molecule has 2 heterocycles. The molecule has 0 radical (unpaired) electrons. The number of hydrogen-bond acceptors (Lipinski definition) is 6. The molecule has 0 fully saturated rings. The summed E-state index contributed by atoms with van der Waals surface area (Å²) in [5, 5.41) is 14.2. The zero-order chi connectivity index (χ0) is 17.7. The van der Waals surface area contributed by atoms with E-state index in [1.807, 2.05) is 25.3 Å². The highest BCUT2D eigenvalue weighted by molar-refractivity contribution is 7.99. The zero-order valence-corrected chi connectivity index (χ0v) is 15.1. The van der Waals surface area contributed by atoms with Crippen LogP contribution >= 0.6 is 11.8 Å². The highest BCUT2D eigenvalue weighted by Gasteiger charge is 2.31. The van der Waals surface area contributed by atoms with Gasteiger partial charge in [0, 0.05) is 17.5 Å². The third kappa shape index (κ3) is 4.08. The molecule has 0 aromatic carbocycles. The first-order valence-electron chi connectivity index (χ1n) is 7.97. The first-order valence-corrected chi connectivity index (χ1v) is 8.96. The fourth-order valence-corrected chi connectivity index (χ4v) is 3.41. The van der Waals surface area contributed by atoms with Crippen LogP contribution in [0, 0.1) is 0 Å². The Labute approximate surface area is 145 Å². The molecule has 0 saturated carbocycles. The second-order valence-electron chi connectivity index (χ2n) is 5.58. The topological polar surface area (TPSA) is 98.1 Å². The maximum Gasteiger partial charge on any atom is 0.337 e. The molecule has 1 atom stereocenters. The average Bonchev–Trinajstić information content (AvgIpc) is 3.01. The summed E-state index contributed by atoms with van der Waals surface area (Å²) in [5.41, 5.74) is 1.04. The van der Waals surface area contributed by atoms with E-state index >= 15 is 0 Å². The van der Waals surface area contributed by atoms with Gasteiger partial charge < -0.3 is 19.9 Å². The van der Waals surface area contributed by atoms with Crippen LogP contribution in [0.1, 0.15) is 40.2 Å². The van der Waals surface area contributed by atoms with Crippen LogP contribution in [0.5, 0.6) is 0 Å². The molecule has 2 rings (SSSR count). The Bertz CT molecular complexity index is 641. The maximum absolute atomic E-state index is 12.3. The van der Waals surface area contributed by atoms with Gasteiger partial charge in [-0.25, -0.2) is 9.59 Å². The molecule has 0 bridgehead atoms. The second-order valence-corrected chi connectivity index (χ2v) is 6.52. The van der Waals surface area contributed by atoms with E-state index in [9.17, 15) is 9.59 Å². The predicted octanol–water partition coefficient (Wildman–Crippen LogP) is 1.86. The Morgan fingerprint density at radius 3 is 2.83 bits per heavy atom. The monoisotopic (exact) mass is 353 g/mol. The number of urea groups is 1. The van der Waals surface area contributed by atoms with Crippen LogP contribution in [0.4, 0.5) is 4.79 Å². The summed E-state index contributed by atoms with van der Waals surface area (Å²) >= 11 is 1.42. The van der Waals surface area contributed by atoms with Gasteiger partial charge in [0.15, 0.2) is 5.16 Å². The van der Waals surface area contributed by atoms with Gasteiger partial charge in [0.05, 0.1) is 18.2 Å². The van der Waals surface area contributed by atoms with E-state index in [0.717, 1.165) is 5.16 Å². The maximum atomic E-state index is 12.3. The predicted molar refractivity (Wildman–Crippen MR) is 90.5 cm³/mol. The van der Waals surface area contributed by atoms with Gasteiger partial charge in [-0.2, -0.15) is 0 Å². The Balaban J connectivity index is 2.25. The Morgan fingerprint density at radius 1 is 1.46 bits per heavy atom. The number of nitrogens with one attached hydrogen (secondary N) is 2. The van der Waals surface area contributed by atoms with E-state index in [4.69, 9.17) is 4.74 Å². The summed E-state index contributed by atoms with van der Waals surface area (Å²) in [4.78, 5) is 24.2. The first-order chi connectivity index (χ1) is 11.5. The summed E-state index contributed by atoms with van der Waals surface area (Å²) < 4.78 is 7.09. The number of nitrogens with zero attached hydrogens (tertiary/aromatic N) is 3. The molecule has 0 aliphatic carbocycles. The molecule has 24 heavy (non-hydrogen) atoms. The Hall–Kier alpha value is -2.03. The summed E-state index contributed by atoms with van der Waals surface area (Å²) in [6.07, 6.45) is 2.28. The summed E-state index contributed by atoms with van der Waals surface area (Å²) in [5.74, 6) is 0.00139. The van der Waals surface area contributed by atoms with Gasteiger partial charge in [-0.3, -0.25) is 0 Å². The van der Waals surface area contributed by atoms with Crippen molar-refractivity contribution in [2.24, 2.45) is 0 Å². The van der Waals surface area contributed by atoms with Gasteiger partial charge in [-0.1, -0.05) is 18.7 Å². The van der Waals surface area contributed by atoms with Gasteiger partial charge in [0.25, 0.3) is 0 Å². The molecule has 132 valence electrons. The van der Waals surface area contributed by atoms with Crippen LogP contribution in [0.15, 0.2) is 22.8 Å². The number of carbonyl (C=O) groups excluding carboxylic acids is 2. The molecule has 2 N–H and O–H groups in total. The molecule has 0 unspecified atom stereocenters. The lowest BCUT2D eigenvalue weighted by Gasteiger charge is -2.28. The lowest BCUT2D eigenvalue weighted by Crippen LogP contribution is -2.50. The van der Waals surface area contributed by atoms with Crippen LogP contribution in [0.3, 0.4) is 0 Å². The minimum atomic E-state index is -0.405. The lowest BCUT2D eigenvalue weighted by molar-refractivity contribution is -0.139. The van der Waals surface area contributed by atoms with Crippen molar-refractivity contribution in [3.63, 3.8) is 0 Å². The Morgan fingerprint density at radius 2 is 2.21 bits per heavy atom. The third-order valence-corrected chi connectivity index (χ3v) is 4.57. The SMILES string of the molecule is CCOC(=O)C1=C(CSc2nncn2C(C)C)NC(=O)N[C@H]1CC. The molecular formula is C15H23N5O3S. The number of aromatic nitrogens is 3. The molecule has 2 amide bonds. The molecule has 0 saturated heterocycles. The number of esters is 1. The molecular weight excluding hydrogens is 330 g/mol. The third-order valence-electron chi connectivity index (χ3n) is 3.59. The fraction of sp³-hybridized carbons (Fsp3) is 0.600. The van der Waals surface area contributed by atoms with E-state index in [2.05, 4.69) is 20.8 Å². The summed E-state index contributed by atoms with van der Waals surface area (Å²) in [7, 11) is 0. The normalized spacial score (nSPS) is 17.7. The number of rotatable bonds is 7. The van der Waals surface area contributed by atoms with E-state index in [-0.39, 0.29) is 24.7 Å². The summed E-state index contributed by atoms with van der Waals surface area (Å²) in [6.45, 7) is 8.03. The smallest absolute Gasteiger partial charge is 0.337 e. The second kappa shape index (κ2) is 8.18. The molecule has 1 aliphatic heterocycles. The number of amides is 2. The molecule has 1 aliphatic rings. The highest BCUT2D eigenvalue weighted by Crippen LogP contribution is 2.25. The molecule has 9 heteroatoms. The fourth-order valence-electron chi connectivity index (χ4n) is 2.40. The molecule has 8 nitrogen and oxygen atoms in total. The standard InChI is InChI=1S/C15H23N5O3S/c1-5-10-12(13(21)23-6-2)11(18-14(22)17-10)7-24-15-19-16-8-20(15)9(3)4/h8-10H,5-7H2,1-4H3,(H2,17,18,22)/t10-/m0/s1.